The highest BCUT2D eigenvalue weighted by molar-refractivity contribution is 6.50. The summed E-state index contributed by atoms with van der Waals surface area (Å²) in [4.78, 5) is 11.0. The fourth-order valence-corrected chi connectivity index (χ4v) is 3.26. The van der Waals surface area contributed by atoms with Crippen LogP contribution in [-0.2, 0) is 17.4 Å². The van der Waals surface area contributed by atoms with E-state index in [0.717, 1.165) is 35.4 Å². The lowest BCUT2D eigenvalue weighted by Crippen LogP contribution is -2.10. The number of fused-ring (bicyclic) bond motifs is 1. The molecule has 3 rings (SSSR count). The van der Waals surface area contributed by atoms with Crippen molar-refractivity contribution in [3.8, 4) is 5.69 Å². The summed E-state index contributed by atoms with van der Waals surface area (Å²) in [7, 11) is 0. The summed E-state index contributed by atoms with van der Waals surface area (Å²) in [6.45, 7) is 1.81. The van der Waals surface area contributed by atoms with Crippen molar-refractivity contribution in [3.05, 3.63) is 58.4 Å². The van der Waals surface area contributed by atoms with Crippen molar-refractivity contribution < 1.29 is 18.0 Å². The minimum atomic E-state index is -4.39. The van der Waals surface area contributed by atoms with E-state index in [4.69, 9.17) is 11.6 Å². The quantitative estimate of drug-likeness (QED) is 0.713. The lowest BCUT2D eigenvalue weighted by Gasteiger charge is -2.18. The summed E-state index contributed by atoms with van der Waals surface area (Å²) < 4.78 is 40.6. The van der Waals surface area contributed by atoms with Gasteiger partial charge in [0.15, 0.2) is 0 Å². The number of hydrogen-bond acceptors (Lipinski definition) is 1. The number of allylic oxidation sites excluding steroid dienone is 1. The van der Waals surface area contributed by atoms with Crippen molar-refractivity contribution in [2.45, 2.75) is 25.9 Å². The molecule has 0 saturated heterocycles. The molecule has 23 heavy (non-hydrogen) atoms. The van der Waals surface area contributed by atoms with E-state index in [0.29, 0.717) is 29.1 Å². The predicted molar refractivity (Wildman–Crippen MR) is 82.7 cm³/mol. The third kappa shape index (κ3) is 2.70. The first-order chi connectivity index (χ1) is 10.8. The van der Waals surface area contributed by atoms with E-state index >= 15 is 0 Å². The van der Waals surface area contributed by atoms with Gasteiger partial charge in [0.05, 0.1) is 10.6 Å². The van der Waals surface area contributed by atoms with E-state index in [1.54, 1.807) is 16.7 Å². The summed E-state index contributed by atoms with van der Waals surface area (Å²) in [5, 5.41) is 0.384. The number of carbonyl (C=O) groups excluding carboxylic acids is 1. The molecule has 2 nitrogen and oxygen atoms in total. The van der Waals surface area contributed by atoms with Gasteiger partial charge in [-0.05, 0) is 44.0 Å². The minimum absolute atomic E-state index is 0.384. The highest BCUT2D eigenvalue weighted by Crippen LogP contribution is 2.37. The fourth-order valence-electron chi connectivity index (χ4n) is 2.95. The third-order valence-corrected chi connectivity index (χ3v) is 4.46. The van der Waals surface area contributed by atoms with Crippen LogP contribution in [0.1, 0.15) is 28.9 Å². The average Bonchev–Trinajstić information content (AvgIpc) is 2.84. The molecule has 0 radical (unpaired) electrons. The van der Waals surface area contributed by atoms with Gasteiger partial charge in [0.1, 0.15) is 6.29 Å². The van der Waals surface area contributed by atoms with Crippen LogP contribution in [0.25, 0.3) is 10.7 Å². The maximum atomic E-state index is 12.9. The second kappa shape index (κ2) is 5.57. The van der Waals surface area contributed by atoms with Crippen molar-refractivity contribution in [1.29, 1.82) is 0 Å². The zero-order valence-corrected chi connectivity index (χ0v) is 13.0. The van der Waals surface area contributed by atoms with Crippen LogP contribution < -0.4 is 0 Å². The van der Waals surface area contributed by atoms with Crippen LogP contribution in [0.2, 0.25) is 0 Å². The topological polar surface area (TPSA) is 22.0 Å². The molecule has 0 amide bonds. The first kappa shape index (κ1) is 15.9. The first-order valence-corrected chi connectivity index (χ1v) is 7.43. The molecule has 1 aromatic carbocycles. The first-order valence-electron chi connectivity index (χ1n) is 7.06. The SMILES string of the molecule is Cc1cc2c(n1-c1cccc(C(F)(F)F)c1)CCC(C=O)=C2Cl. The smallest absolute Gasteiger partial charge is 0.318 e. The maximum absolute atomic E-state index is 12.9. The molecule has 0 spiro atoms. The largest absolute Gasteiger partial charge is 0.416 e. The van der Waals surface area contributed by atoms with Crippen LogP contribution in [-0.4, -0.2) is 10.9 Å². The molecule has 0 atom stereocenters. The molecule has 6 heteroatoms. The van der Waals surface area contributed by atoms with Crippen molar-refractivity contribution in [1.82, 2.24) is 4.57 Å². The Morgan fingerprint density at radius 1 is 1.22 bits per heavy atom. The van der Waals surface area contributed by atoms with Crippen molar-refractivity contribution in [2.75, 3.05) is 0 Å². The molecule has 1 aliphatic rings. The number of hydrogen-bond donors (Lipinski definition) is 0. The van der Waals surface area contributed by atoms with Crippen LogP contribution in [0, 0.1) is 6.92 Å². The number of aromatic nitrogens is 1. The standard InChI is InChI=1S/C17H13ClF3NO/c1-10-7-14-15(6-5-11(9-23)16(14)18)22(10)13-4-2-3-12(8-13)17(19,20)21/h2-4,7-9H,5-6H2,1H3. The molecular weight excluding hydrogens is 327 g/mol. The second-order valence-corrected chi connectivity index (χ2v) is 5.86. The van der Waals surface area contributed by atoms with Crippen LogP contribution in [0.3, 0.4) is 0 Å². The number of rotatable bonds is 2. The van der Waals surface area contributed by atoms with Gasteiger partial charge in [0, 0.05) is 28.2 Å². The molecule has 1 heterocycles. The maximum Gasteiger partial charge on any atom is 0.416 e. The zero-order chi connectivity index (χ0) is 16.8. The number of carbonyl (C=O) groups is 1. The highest BCUT2D eigenvalue weighted by atomic mass is 35.5. The van der Waals surface area contributed by atoms with Crippen molar-refractivity contribution >= 4 is 22.9 Å². The molecule has 0 saturated carbocycles. The average molecular weight is 340 g/mol. The summed E-state index contributed by atoms with van der Waals surface area (Å²) in [5.74, 6) is 0. The van der Waals surface area contributed by atoms with Crippen LogP contribution >= 0.6 is 11.6 Å². The molecule has 2 aromatic rings. The third-order valence-electron chi connectivity index (χ3n) is 4.01. The molecule has 120 valence electrons. The molecule has 0 unspecified atom stereocenters. The van der Waals surface area contributed by atoms with E-state index in [1.165, 1.54) is 6.07 Å². The molecule has 0 aliphatic heterocycles. The van der Waals surface area contributed by atoms with Gasteiger partial charge in [-0.25, -0.2) is 0 Å². The monoisotopic (exact) mass is 339 g/mol. The van der Waals surface area contributed by atoms with Crippen LogP contribution in [0.5, 0.6) is 0 Å². The van der Waals surface area contributed by atoms with E-state index in [9.17, 15) is 18.0 Å². The van der Waals surface area contributed by atoms with Gasteiger partial charge in [0.2, 0.25) is 0 Å². The summed E-state index contributed by atoms with van der Waals surface area (Å²) >= 11 is 6.25. The Kier molecular flexibility index (Phi) is 3.84. The van der Waals surface area contributed by atoms with Crippen LogP contribution in [0.4, 0.5) is 13.2 Å². The van der Waals surface area contributed by atoms with E-state index < -0.39 is 11.7 Å². The van der Waals surface area contributed by atoms with Gasteiger partial charge in [-0.3, -0.25) is 4.79 Å². The zero-order valence-electron chi connectivity index (χ0n) is 12.2. The van der Waals surface area contributed by atoms with Gasteiger partial charge in [0.25, 0.3) is 0 Å². The summed E-state index contributed by atoms with van der Waals surface area (Å²) in [6.07, 6.45) is -2.61. The number of halogens is 4. The van der Waals surface area contributed by atoms with Gasteiger partial charge < -0.3 is 4.57 Å². The Bertz CT molecular complexity index is 818. The number of alkyl halides is 3. The Hall–Kier alpha value is -2.01. The second-order valence-electron chi connectivity index (χ2n) is 5.49. The number of aldehydes is 1. The Morgan fingerprint density at radius 3 is 2.61 bits per heavy atom. The number of benzene rings is 1. The molecular formula is C17H13ClF3NO. The summed E-state index contributed by atoms with van der Waals surface area (Å²) in [6, 6.07) is 7.00. The molecule has 0 fully saturated rings. The molecule has 1 aromatic heterocycles. The minimum Gasteiger partial charge on any atom is -0.318 e. The van der Waals surface area contributed by atoms with Gasteiger partial charge in [-0.2, -0.15) is 13.2 Å². The summed E-state index contributed by atoms with van der Waals surface area (Å²) in [5.41, 5.74) is 2.60. The van der Waals surface area contributed by atoms with Crippen LogP contribution in [0.15, 0.2) is 35.9 Å². The molecule has 1 aliphatic carbocycles. The van der Waals surface area contributed by atoms with Gasteiger partial charge >= 0.3 is 6.18 Å². The van der Waals surface area contributed by atoms with E-state index in [2.05, 4.69) is 0 Å². The van der Waals surface area contributed by atoms with E-state index in [-0.39, 0.29) is 0 Å². The highest BCUT2D eigenvalue weighted by Gasteiger charge is 2.31. The van der Waals surface area contributed by atoms with E-state index in [1.807, 2.05) is 6.92 Å². The fraction of sp³-hybridized carbons (Fsp3) is 0.235. The lowest BCUT2D eigenvalue weighted by molar-refractivity contribution is -0.137. The van der Waals surface area contributed by atoms with Crippen molar-refractivity contribution in [2.24, 2.45) is 0 Å². The normalized spacial score (nSPS) is 14.8. The molecule has 0 N–H and O–H groups in total. The predicted octanol–water partition coefficient (Wildman–Crippen LogP) is 4.90. The lowest BCUT2D eigenvalue weighted by atomic mass is 9.98. The Morgan fingerprint density at radius 2 is 1.96 bits per heavy atom. The Balaban J connectivity index is 2.17. The van der Waals surface area contributed by atoms with Crippen molar-refractivity contribution in [3.63, 3.8) is 0 Å². The Labute approximate surface area is 136 Å². The number of aryl methyl sites for hydroxylation is 1. The number of nitrogens with zero attached hydrogens (tertiary/aromatic N) is 1. The van der Waals surface area contributed by atoms with Gasteiger partial charge in [-0.1, -0.05) is 17.7 Å². The van der Waals surface area contributed by atoms with Gasteiger partial charge in [-0.15, -0.1) is 0 Å². The molecule has 0 bridgehead atoms.